The minimum absolute atomic E-state index is 0.0533. The summed E-state index contributed by atoms with van der Waals surface area (Å²) in [5.74, 6) is -1.20. The largest absolute Gasteiger partial charge is 0.492 e. The Morgan fingerprint density at radius 3 is 2.67 bits per heavy atom. The fraction of sp³-hybridized carbons (Fsp3) is 0.300. The van der Waals surface area contributed by atoms with E-state index < -0.39 is 17.8 Å². The van der Waals surface area contributed by atoms with Gasteiger partial charge in [0.1, 0.15) is 16.4 Å². The summed E-state index contributed by atoms with van der Waals surface area (Å²) in [5, 5.41) is 14.9. The number of thiophene rings is 1. The highest BCUT2D eigenvalue weighted by atomic mass is 32.2. The third-order valence-electron chi connectivity index (χ3n) is 4.27. The molecule has 0 aliphatic carbocycles. The number of hydrogen-bond donors (Lipinski definition) is 2. The summed E-state index contributed by atoms with van der Waals surface area (Å²) in [4.78, 5) is 36.9. The highest BCUT2D eigenvalue weighted by Gasteiger charge is 2.26. The molecule has 0 spiro atoms. The van der Waals surface area contributed by atoms with Gasteiger partial charge in [0.05, 0.1) is 29.4 Å². The molecule has 0 unspecified atom stereocenters. The molecule has 2 amide bonds. The smallest absolute Gasteiger partial charge is 0.341 e. The molecule has 0 atom stereocenters. The summed E-state index contributed by atoms with van der Waals surface area (Å²) >= 11 is 2.03. The Bertz CT molecular complexity index is 1180. The summed E-state index contributed by atoms with van der Waals surface area (Å²) in [7, 11) is 0. The molecule has 33 heavy (non-hydrogen) atoms. The second-order valence-electron chi connectivity index (χ2n) is 6.46. The van der Waals surface area contributed by atoms with Crippen LogP contribution in [0.15, 0.2) is 29.4 Å². The number of nitrogens with two attached hydrogens (primary N) is 1. The SMILES string of the molecule is CCOC(=O)c1c(NC(=O)CSc2nnnn2-c2ccccc2OCC)sc(C(N)=O)c1C. The van der Waals surface area contributed by atoms with Gasteiger partial charge < -0.3 is 20.5 Å². The number of nitrogens with zero attached hydrogens (tertiary/aromatic N) is 4. The van der Waals surface area contributed by atoms with Crippen molar-refractivity contribution in [2.75, 3.05) is 24.3 Å². The molecule has 3 rings (SSSR count). The van der Waals surface area contributed by atoms with Crippen LogP contribution >= 0.6 is 23.1 Å². The van der Waals surface area contributed by atoms with Crippen LogP contribution < -0.4 is 15.8 Å². The zero-order valence-electron chi connectivity index (χ0n) is 18.2. The van der Waals surface area contributed by atoms with Gasteiger partial charge in [-0.15, -0.1) is 16.4 Å². The number of carbonyl (C=O) groups excluding carboxylic acids is 3. The number of nitrogens with one attached hydrogen (secondary N) is 1. The molecule has 174 valence electrons. The highest BCUT2D eigenvalue weighted by Crippen LogP contribution is 2.34. The van der Waals surface area contributed by atoms with E-state index in [1.165, 1.54) is 4.68 Å². The van der Waals surface area contributed by atoms with Crippen molar-refractivity contribution in [1.29, 1.82) is 0 Å². The first-order valence-electron chi connectivity index (χ1n) is 9.90. The summed E-state index contributed by atoms with van der Waals surface area (Å²) in [6.45, 7) is 5.74. The number of tetrazole rings is 1. The van der Waals surface area contributed by atoms with E-state index in [0.29, 0.717) is 28.8 Å². The van der Waals surface area contributed by atoms with Crippen LogP contribution in [0.5, 0.6) is 5.75 Å². The van der Waals surface area contributed by atoms with Crippen molar-refractivity contribution in [3.8, 4) is 11.4 Å². The third kappa shape index (κ3) is 5.49. The zero-order valence-corrected chi connectivity index (χ0v) is 19.8. The van der Waals surface area contributed by atoms with Crippen LogP contribution in [0.1, 0.15) is 39.4 Å². The van der Waals surface area contributed by atoms with Crippen LogP contribution in [-0.4, -0.2) is 57.0 Å². The Morgan fingerprint density at radius 1 is 1.21 bits per heavy atom. The van der Waals surface area contributed by atoms with Crippen molar-refractivity contribution in [2.45, 2.75) is 25.9 Å². The molecule has 0 radical (unpaired) electrons. The Morgan fingerprint density at radius 2 is 1.97 bits per heavy atom. The van der Waals surface area contributed by atoms with Gasteiger partial charge in [-0.25, -0.2) is 4.79 Å². The lowest BCUT2D eigenvalue weighted by molar-refractivity contribution is -0.113. The number of amides is 2. The maximum atomic E-state index is 12.7. The number of aromatic nitrogens is 4. The van der Waals surface area contributed by atoms with Crippen molar-refractivity contribution in [1.82, 2.24) is 20.2 Å². The van der Waals surface area contributed by atoms with Crippen LogP contribution in [-0.2, 0) is 9.53 Å². The van der Waals surface area contributed by atoms with E-state index in [1.807, 2.05) is 19.1 Å². The van der Waals surface area contributed by atoms with Gasteiger partial charge in [0.2, 0.25) is 11.1 Å². The minimum Gasteiger partial charge on any atom is -0.492 e. The Hall–Kier alpha value is -3.45. The minimum atomic E-state index is -0.690. The van der Waals surface area contributed by atoms with E-state index in [4.69, 9.17) is 15.2 Å². The highest BCUT2D eigenvalue weighted by molar-refractivity contribution is 7.99. The standard InChI is InChI=1S/C20H22N6O5S2/c1-4-30-13-9-7-6-8-12(13)26-20(23-24-25-26)32-10-14(27)22-18-15(19(29)31-5-2)11(3)16(33-18)17(21)28/h6-9H,4-5,10H2,1-3H3,(H2,21,28)(H,22,27). The molecule has 13 heteroatoms. The first-order valence-corrected chi connectivity index (χ1v) is 11.7. The fourth-order valence-corrected chi connectivity index (χ4v) is 4.66. The van der Waals surface area contributed by atoms with Crippen LogP contribution in [0.3, 0.4) is 0 Å². The Labute approximate surface area is 197 Å². The van der Waals surface area contributed by atoms with Crippen molar-refractivity contribution in [2.24, 2.45) is 5.73 Å². The number of primary amides is 1. The monoisotopic (exact) mass is 490 g/mol. The number of benzene rings is 1. The lowest BCUT2D eigenvalue weighted by atomic mass is 10.1. The number of thioether (sulfide) groups is 1. The van der Waals surface area contributed by atoms with Gasteiger partial charge in [-0.1, -0.05) is 23.9 Å². The molecule has 0 fully saturated rings. The van der Waals surface area contributed by atoms with E-state index in [0.717, 1.165) is 23.1 Å². The maximum absolute atomic E-state index is 12.7. The second-order valence-corrected chi connectivity index (χ2v) is 8.42. The van der Waals surface area contributed by atoms with Gasteiger partial charge in [-0.05, 0) is 48.9 Å². The molecule has 0 aliphatic heterocycles. The topological polar surface area (TPSA) is 151 Å². The molecule has 2 aromatic heterocycles. The number of rotatable bonds is 10. The molecule has 1 aromatic carbocycles. The van der Waals surface area contributed by atoms with Crippen LogP contribution in [0.2, 0.25) is 0 Å². The number of esters is 1. The predicted molar refractivity (Wildman–Crippen MR) is 123 cm³/mol. The molecule has 0 aliphatic rings. The zero-order chi connectivity index (χ0) is 24.0. The number of ether oxygens (including phenoxy) is 2. The maximum Gasteiger partial charge on any atom is 0.341 e. The van der Waals surface area contributed by atoms with Gasteiger partial charge in [0, 0.05) is 0 Å². The molecule has 0 bridgehead atoms. The van der Waals surface area contributed by atoms with Crippen molar-refractivity contribution < 1.29 is 23.9 Å². The Kier molecular flexibility index (Phi) is 8.01. The van der Waals surface area contributed by atoms with Gasteiger partial charge >= 0.3 is 5.97 Å². The van der Waals surface area contributed by atoms with Gasteiger partial charge in [0.15, 0.2) is 0 Å². The van der Waals surface area contributed by atoms with E-state index in [9.17, 15) is 14.4 Å². The molecular weight excluding hydrogens is 468 g/mol. The molecule has 0 saturated heterocycles. The summed E-state index contributed by atoms with van der Waals surface area (Å²) in [5.41, 5.74) is 6.51. The number of anilines is 1. The molecule has 2 heterocycles. The number of carbonyl (C=O) groups is 3. The van der Waals surface area contributed by atoms with Crippen LogP contribution in [0, 0.1) is 6.92 Å². The van der Waals surface area contributed by atoms with Crippen molar-refractivity contribution >= 4 is 45.9 Å². The number of para-hydroxylation sites is 2. The van der Waals surface area contributed by atoms with E-state index in [2.05, 4.69) is 20.8 Å². The first-order chi connectivity index (χ1) is 15.9. The third-order valence-corrected chi connectivity index (χ3v) is 6.41. The summed E-state index contributed by atoms with van der Waals surface area (Å²) in [6.07, 6.45) is 0. The van der Waals surface area contributed by atoms with Crippen LogP contribution in [0.25, 0.3) is 5.69 Å². The van der Waals surface area contributed by atoms with Gasteiger partial charge in [0.25, 0.3) is 5.91 Å². The Balaban J connectivity index is 1.77. The summed E-state index contributed by atoms with van der Waals surface area (Å²) in [6, 6.07) is 7.27. The summed E-state index contributed by atoms with van der Waals surface area (Å²) < 4.78 is 12.2. The lowest BCUT2D eigenvalue weighted by Crippen LogP contribution is -2.17. The van der Waals surface area contributed by atoms with Crippen LogP contribution in [0.4, 0.5) is 5.00 Å². The van der Waals surface area contributed by atoms with Crippen molar-refractivity contribution in [3.05, 3.63) is 40.3 Å². The fourth-order valence-electron chi connectivity index (χ4n) is 2.91. The number of hydrogen-bond acceptors (Lipinski definition) is 10. The average molecular weight is 491 g/mol. The van der Waals surface area contributed by atoms with Gasteiger partial charge in [-0.3, -0.25) is 9.59 Å². The molecule has 3 aromatic rings. The molecule has 3 N–H and O–H groups in total. The molecular formula is C20H22N6O5S2. The van der Waals surface area contributed by atoms with E-state index >= 15 is 0 Å². The second kappa shape index (κ2) is 10.9. The normalized spacial score (nSPS) is 10.6. The quantitative estimate of drug-likeness (QED) is 0.322. The van der Waals surface area contributed by atoms with Crippen molar-refractivity contribution in [3.63, 3.8) is 0 Å². The molecule has 0 saturated carbocycles. The average Bonchev–Trinajstić information content (AvgIpc) is 3.37. The van der Waals surface area contributed by atoms with E-state index in [-0.39, 0.29) is 27.8 Å². The predicted octanol–water partition coefficient (Wildman–Crippen LogP) is 2.44. The molecule has 11 nitrogen and oxygen atoms in total. The van der Waals surface area contributed by atoms with Gasteiger partial charge in [-0.2, -0.15) is 4.68 Å². The van der Waals surface area contributed by atoms with E-state index in [1.54, 1.807) is 26.0 Å². The lowest BCUT2D eigenvalue weighted by Gasteiger charge is -2.10. The first kappa shape index (κ1) is 24.2.